The molecule has 1 atom stereocenters. The summed E-state index contributed by atoms with van der Waals surface area (Å²) in [5.74, 6) is -0.108. The molecule has 1 aromatic carbocycles. The van der Waals surface area contributed by atoms with Gasteiger partial charge in [0.15, 0.2) is 0 Å². The normalized spacial score (nSPS) is 17.1. The minimum absolute atomic E-state index is 0.163. The van der Waals surface area contributed by atoms with Gasteiger partial charge in [-0.1, -0.05) is 23.8 Å². The highest BCUT2D eigenvalue weighted by molar-refractivity contribution is 6.06. The average molecular weight is 518 g/mol. The van der Waals surface area contributed by atoms with E-state index in [9.17, 15) is 9.59 Å². The van der Waals surface area contributed by atoms with Gasteiger partial charge in [0.05, 0.1) is 11.6 Å². The van der Waals surface area contributed by atoms with Crippen LogP contribution in [0, 0.1) is 5.92 Å². The van der Waals surface area contributed by atoms with Crippen LogP contribution in [0.1, 0.15) is 49.2 Å². The number of dihydropyridines is 1. The van der Waals surface area contributed by atoms with Gasteiger partial charge in [0.1, 0.15) is 5.82 Å². The zero-order valence-electron chi connectivity index (χ0n) is 23.3. The smallest absolute Gasteiger partial charge is 0.254 e. The quantitative estimate of drug-likeness (QED) is 0.445. The van der Waals surface area contributed by atoms with Gasteiger partial charge >= 0.3 is 0 Å². The van der Waals surface area contributed by atoms with Crippen molar-refractivity contribution in [1.29, 1.82) is 0 Å². The Kier molecular flexibility index (Phi) is 8.71. The maximum absolute atomic E-state index is 13.5. The van der Waals surface area contributed by atoms with Crippen molar-refractivity contribution in [2.75, 3.05) is 38.7 Å². The van der Waals surface area contributed by atoms with Gasteiger partial charge in [-0.05, 0) is 65.6 Å². The van der Waals surface area contributed by atoms with Crippen LogP contribution in [-0.4, -0.2) is 67.2 Å². The highest BCUT2D eigenvalue weighted by Gasteiger charge is 2.30. The lowest BCUT2D eigenvalue weighted by atomic mass is 9.95. The van der Waals surface area contributed by atoms with Gasteiger partial charge in [0, 0.05) is 61.2 Å². The predicted molar refractivity (Wildman–Crippen MR) is 152 cm³/mol. The molecular weight excluding hydrogens is 478 g/mol. The van der Waals surface area contributed by atoms with Crippen LogP contribution in [-0.2, 0) is 17.9 Å². The summed E-state index contributed by atoms with van der Waals surface area (Å²) in [5, 5.41) is 8.20. The number of carbonyl (C=O) groups is 2. The first-order chi connectivity index (χ1) is 18.2. The Morgan fingerprint density at radius 2 is 2.05 bits per heavy atom. The lowest BCUT2D eigenvalue weighted by Gasteiger charge is -2.23. The number of nitrogens with one attached hydrogen (secondary N) is 3. The molecule has 0 saturated carbocycles. The molecule has 1 unspecified atom stereocenters. The van der Waals surface area contributed by atoms with Gasteiger partial charge in [-0.2, -0.15) is 0 Å². The lowest BCUT2D eigenvalue weighted by Crippen LogP contribution is -2.38. The van der Waals surface area contributed by atoms with Crippen molar-refractivity contribution < 1.29 is 9.59 Å². The first-order valence-electron chi connectivity index (χ1n) is 13.2. The van der Waals surface area contributed by atoms with Crippen molar-refractivity contribution in [3.05, 3.63) is 58.7 Å². The number of benzene rings is 1. The number of hydrazine groups is 1. The van der Waals surface area contributed by atoms with Crippen molar-refractivity contribution in [1.82, 2.24) is 25.9 Å². The summed E-state index contributed by atoms with van der Waals surface area (Å²) in [6.45, 7) is 11.3. The largest absolute Gasteiger partial charge is 0.351 e. The fourth-order valence-corrected chi connectivity index (χ4v) is 4.92. The SMILES string of the molecule is CNCCN(C)Cc1cccc(-c2cc(C(=O)NCC3C(=O)N=C(C)C=C3C)c3c(n2)N(C(C)C)NC3)c1. The van der Waals surface area contributed by atoms with E-state index in [0.717, 1.165) is 47.8 Å². The second-order valence-corrected chi connectivity index (χ2v) is 10.4. The third-order valence-corrected chi connectivity index (χ3v) is 6.97. The van der Waals surface area contributed by atoms with Crippen molar-refractivity contribution in [3.8, 4) is 11.3 Å². The molecule has 3 heterocycles. The third-order valence-electron chi connectivity index (χ3n) is 6.97. The van der Waals surface area contributed by atoms with Crippen molar-refractivity contribution >= 4 is 23.3 Å². The molecule has 2 aromatic rings. The number of carbonyl (C=O) groups excluding carboxylic acids is 2. The Bertz CT molecular complexity index is 1270. The number of likely N-dealkylation sites (N-methyl/N-ethyl adjacent to an activating group) is 2. The lowest BCUT2D eigenvalue weighted by molar-refractivity contribution is -0.120. The number of allylic oxidation sites excluding steroid dienone is 1. The van der Waals surface area contributed by atoms with E-state index in [1.165, 1.54) is 5.56 Å². The Labute approximate surface area is 225 Å². The van der Waals surface area contributed by atoms with Gasteiger partial charge in [0.25, 0.3) is 11.8 Å². The van der Waals surface area contributed by atoms with E-state index in [0.29, 0.717) is 17.8 Å². The van der Waals surface area contributed by atoms with E-state index in [2.05, 4.69) is 59.0 Å². The van der Waals surface area contributed by atoms with Gasteiger partial charge < -0.3 is 15.5 Å². The van der Waals surface area contributed by atoms with Gasteiger partial charge in [0.2, 0.25) is 0 Å². The van der Waals surface area contributed by atoms with Gasteiger partial charge in [-0.3, -0.25) is 14.6 Å². The zero-order chi connectivity index (χ0) is 27.4. The number of aromatic nitrogens is 1. The molecule has 9 nitrogen and oxygen atoms in total. The van der Waals surface area contributed by atoms with Gasteiger partial charge in [-0.15, -0.1) is 0 Å². The van der Waals surface area contributed by atoms with E-state index >= 15 is 0 Å². The minimum Gasteiger partial charge on any atom is -0.351 e. The average Bonchev–Trinajstić information content (AvgIpc) is 3.30. The fraction of sp³-hybridized carbons (Fsp3) is 0.448. The summed E-state index contributed by atoms with van der Waals surface area (Å²) in [5.41, 5.74) is 9.30. The molecule has 0 aliphatic carbocycles. The van der Waals surface area contributed by atoms with Crippen molar-refractivity contribution in [3.63, 3.8) is 0 Å². The van der Waals surface area contributed by atoms with Gasteiger partial charge in [-0.25, -0.2) is 15.4 Å². The minimum atomic E-state index is -0.445. The second-order valence-electron chi connectivity index (χ2n) is 10.4. The molecule has 0 radical (unpaired) electrons. The highest BCUT2D eigenvalue weighted by Crippen LogP contribution is 2.32. The molecule has 3 N–H and O–H groups in total. The zero-order valence-corrected chi connectivity index (χ0v) is 23.3. The summed E-state index contributed by atoms with van der Waals surface area (Å²) >= 11 is 0. The summed E-state index contributed by atoms with van der Waals surface area (Å²) in [6, 6.07) is 10.4. The molecule has 38 heavy (non-hydrogen) atoms. The van der Waals surface area contributed by atoms with E-state index in [1.54, 1.807) is 6.92 Å². The molecule has 0 saturated heterocycles. The van der Waals surface area contributed by atoms with Crippen LogP contribution in [0.5, 0.6) is 0 Å². The first-order valence-corrected chi connectivity index (χ1v) is 13.2. The molecule has 2 aliphatic rings. The molecule has 2 amide bonds. The number of amides is 2. The fourth-order valence-electron chi connectivity index (χ4n) is 4.92. The number of rotatable bonds is 10. The molecule has 0 spiro atoms. The van der Waals surface area contributed by atoms with E-state index in [4.69, 9.17) is 4.98 Å². The number of aliphatic imine (C=N–C) groups is 1. The summed E-state index contributed by atoms with van der Waals surface area (Å²) in [7, 11) is 4.06. The second kappa shape index (κ2) is 12.0. The van der Waals surface area contributed by atoms with Crippen molar-refractivity contribution in [2.45, 2.75) is 46.8 Å². The van der Waals surface area contributed by atoms with Crippen LogP contribution in [0.4, 0.5) is 5.82 Å². The number of fused-ring (bicyclic) bond motifs is 1. The van der Waals surface area contributed by atoms with Crippen LogP contribution in [0.25, 0.3) is 11.3 Å². The third kappa shape index (κ3) is 6.18. The number of hydrogen-bond acceptors (Lipinski definition) is 7. The molecular formula is C29H39N7O2. The number of hydrogen-bond donors (Lipinski definition) is 3. The Morgan fingerprint density at radius 1 is 1.26 bits per heavy atom. The monoisotopic (exact) mass is 517 g/mol. The molecule has 0 bridgehead atoms. The maximum atomic E-state index is 13.5. The molecule has 1 aromatic heterocycles. The van der Waals surface area contributed by atoms with Crippen LogP contribution in [0.3, 0.4) is 0 Å². The van der Waals surface area contributed by atoms with Crippen LogP contribution in [0.15, 0.2) is 47.0 Å². The maximum Gasteiger partial charge on any atom is 0.254 e. The topological polar surface area (TPSA) is 102 Å². The van der Waals surface area contributed by atoms with E-state index in [-0.39, 0.29) is 24.4 Å². The summed E-state index contributed by atoms with van der Waals surface area (Å²) < 4.78 is 0. The standard InChI is InChI=1S/C29H39N7O2/c1-18(2)36-27-25(16-32-36)23(28(37)31-15-24-19(3)12-20(4)33-29(24)38)14-26(34-27)22-9-7-8-21(13-22)17-35(6)11-10-30-5/h7-9,12-14,18,24,30,32H,10-11,15-17H2,1-6H3,(H,31,37). The summed E-state index contributed by atoms with van der Waals surface area (Å²) in [4.78, 5) is 37.3. The van der Waals surface area contributed by atoms with E-state index in [1.807, 2.05) is 43.3 Å². The molecule has 4 rings (SSSR count). The van der Waals surface area contributed by atoms with Crippen LogP contribution >= 0.6 is 0 Å². The molecule has 9 heteroatoms. The Balaban J connectivity index is 1.63. The number of pyridine rings is 1. The Morgan fingerprint density at radius 3 is 2.76 bits per heavy atom. The van der Waals surface area contributed by atoms with E-state index < -0.39 is 5.92 Å². The Hall–Kier alpha value is -3.40. The molecule has 0 fully saturated rings. The van der Waals surface area contributed by atoms with Crippen molar-refractivity contribution in [2.24, 2.45) is 10.9 Å². The number of nitrogens with zero attached hydrogens (tertiary/aromatic N) is 4. The summed E-state index contributed by atoms with van der Waals surface area (Å²) in [6.07, 6.45) is 1.90. The number of anilines is 1. The molecule has 202 valence electrons. The first kappa shape index (κ1) is 27.6. The van der Waals surface area contributed by atoms with Crippen LogP contribution in [0.2, 0.25) is 0 Å². The predicted octanol–water partition coefficient (Wildman–Crippen LogP) is 2.93. The van der Waals surface area contributed by atoms with Crippen LogP contribution < -0.4 is 21.1 Å². The molecule has 2 aliphatic heterocycles. The highest BCUT2D eigenvalue weighted by atomic mass is 16.2.